The van der Waals surface area contributed by atoms with E-state index in [9.17, 15) is 35.5 Å². The summed E-state index contributed by atoms with van der Waals surface area (Å²) in [5.41, 5.74) is 0.565. The van der Waals surface area contributed by atoms with Crippen molar-refractivity contribution in [2.24, 2.45) is 0 Å². The van der Waals surface area contributed by atoms with Crippen LogP contribution >= 0.6 is 0 Å². The molecule has 0 heterocycles. The summed E-state index contributed by atoms with van der Waals surface area (Å²) in [6, 6.07) is 6.38. The molecule has 200 valence electrons. The van der Waals surface area contributed by atoms with Crippen LogP contribution in [-0.4, -0.2) is 50.1 Å². The molecule has 2 rings (SSSR count). The summed E-state index contributed by atoms with van der Waals surface area (Å²) in [6.45, 7) is 6.98. The summed E-state index contributed by atoms with van der Waals surface area (Å²) < 4.78 is 67.3. The van der Waals surface area contributed by atoms with E-state index in [0.29, 0.717) is 0 Å². The fourth-order valence-electron chi connectivity index (χ4n) is 3.29. The number of amides is 4. The average Bonchev–Trinajstić information content (AvgIpc) is 2.70. The van der Waals surface area contributed by atoms with Crippen molar-refractivity contribution < 1.29 is 66.5 Å². The van der Waals surface area contributed by atoms with Gasteiger partial charge >= 0.3 is 41.6 Å². The van der Waals surface area contributed by atoms with Crippen LogP contribution < -0.4 is 50.8 Å². The third-order valence-corrected chi connectivity index (χ3v) is 6.58. The number of rotatable bonds is 9. The molecule has 37 heavy (non-hydrogen) atoms. The number of benzene rings is 2. The standard InChI is InChI=1S/C22H30N4O8S2.Na.H/c1-13(2)23-21(27)25-17-9-7-15(19(11-17)35(29,30)31)5-6-16-8-10-18(12-20(16)36(32,33)34)26-22(28)24-14(3)4;;/h7-14H,5-6H2,1-4H3,(H2,23,25,27)(H2,24,26,28)(H,29,30,31)(H,32,33,34);;/q;+1;-1. The smallest absolute Gasteiger partial charge is 1.00 e. The van der Waals surface area contributed by atoms with Crippen molar-refractivity contribution in [2.45, 2.75) is 62.4 Å². The number of urea groups is 2. The second-order valence-electron chi connectivity index (χ2n) is 8.60. The van der Waals surface area contributed by atoms with Crippen molar-refractivity contribution >= 4 is 43.7 Å². The van der Waals surface area contributed by atoms with E-state index in [1.165, 1.54) is 24.3 Å². The summed E-state index contributed by atoms with van der Waals surface area (Å²) in [5.74, 6) is 0. The van der Waals surface area contributed by atoms with Crippen LogP contribution in [-0.2, 0) is 33.1 Å². The predicted octanol–water partition coefficient (Wildman–Crippen LogP) is 0.142. The Morgan fingerprint density at radius 2 is 1.05 bits per heavy atom. The van der Waals surface area contributed by atoms with E-state index in [2.05, 4.69) is 21.3 Å². The SMILES string of the molecule is CC(C)NC(=O)Nc1ccc(CCc2ccc(NC(=O)NC(C)C)cc2S(=O)(=O)O)c(S(=O)(=O)O)c1.[H-].[Na+]. The Balaban J connectivity index is 0.00000684. The zero-order valence-corrected chi connectivity index (χ0v) is 24.8. The van der Waals surface area contributed by atoms with Gasteiger partial charge in [-0.15, -0.1) is 0 Å². The predicted molar refractivity (Wildman–Crippen MR) is 136 cm³/mol. The van der Waals surface area contributed by atoms with Gasteiger partial charge in [-0.1, -0.05) is 12.1 Å². The van der Waals surface area contributed by atoms with Crippen LogP contribution in [0, 0.1) is 0 Å². The quantitative estimate of drug-likeness (QED) is 0.182. The molecule has 0 bridgehead atoms. The fourth-order valence-corrected chi connectivity index (χ4v) is 4.84. The molecule has 12 nitrogen and oxygen atoms in total. The van der Waals surface area contributed by atoms with Gasteiger partial charge < -0.3 is 22.7 Å². The molecule has 0 radical (unpaired) electrons. The van der Waals surface area contributed by atoms with E-state index in [1.807, 2.05) is 0 Å². The molecule has 0 aliphatic carbocycles. The molecule has 2 aromatic rings. The molecule has 6 N–H and O–H groups in total. The van der Waals surface area contributed by atoms with Crippen molar-refractivity contribution in [2.75, 3.05) is 10.6 Å². The molecule has 0 unspecified atom stereocenters. The van der Waals surface area contributed by atoms with Gasteiger partial charge in [0.05, 0.1) is 9.79 Å². The van der Waals surface area contributed by atoms with Crippen LogP contribution in [0.4, 0.5) is 21.0 Å². The minimum absolute atomic E-state index is 0. The van der Waals surface area contributed by atoms with E-state index >= 15 is 0 Å². The van der Waals surface area contributed by atoms with Gasteiger partial charge in [-0.25, -0.2) is 9.59 Å². The first kappa shape index (κ1) is 32.8. The van der Waals surface area contributed by atoms with Crippen molar-refractivity contribution in [3.8, 4) is 0 Å². The summed E-state index contributed by atoms with van der Waals surface area (Å²) >= 11 is 0. The maximum Gasteiger partial charge on any atom is 1.00 e. The number of nitrogens with one attached hydrogen (secondary N) is 4. The van der Waals surface area contributed by atoms with Gasteiger partial charge in [0.25, 0.3) is 20.2 Å². The number of hydrogen-bond donors (Lipinski definition) is 6. The monoisotopic (exact) mass is 566 g/mol. The first-order chi connectivity index (χ1) is 16.6. The molecule has 0 saturated heterocycles. The van der Waals surface area contributed by atoms with Crippen LogP contribution in [0.2, 0.25) is 0 Å². The van der Waals surface area contributed by atoms with Gasteiger partial charge in [-0.05, 0) is 75.9 Å². The van der Waals surface area contributed by atoms with Crippen LogP contribution in [0.3, 0.4) is 0 Å². The largest absolute Gasteiger partial charge is 1.00 e. The normalized spacial score (nSPS) is 11.6. The second kappa shape index (κ2) is 13.6. The van der Waals surface area contributed by atoms with Gasteiger partial charge in [-0.2, -0.15) is 16.8 Å². The Kier molecular flexibility index (Phi) is 12.0. The minimum atomic E-state index is -4.68. The topological polar surface area (TPSA) is 191 Å². The Morgan fingerprint density at radius 1 is 0.730 bits per heavy atom. The van der Waals surface area contributed by atoms with E-state index in [0.717, 1.165) is 12.1 Å². The summed E-state index contributed by atoms with van der Waals surface area (Å²) in [6.07, 6.45) is -0.0621. The number of aryl methyl sites for hydroxylation is 2. The van der Waals surface area contributed by atoms with Gasteiger partial charge in [-0.3, -0.25) is 9.11 Å². The van der Waals surface area contributed by atoms with Crippen molar-refractivity contribution in [3.05, 3.63) is 47.5 Å². The Hall–Kier alpha value is -2.20. The summed E-state index contributed by atoms with van der Waals surface area (Å²) in [4.78, 5) is 22.9. The van der Waals surface area contributed by atoms with Crippen molar-refractivity contribution in [1.82, 2.24) is 10.6 Å². The summed E-state index contributed by atoms with van der Waals surface area (Å²) in [5, 5.41) is 10.1. The third-order valence-electron chi connectivity index (χ3n) is 4.71. The molecule has 0 atom stereocenters. The molecule has 0 aliphatic rings. The molecular formula is C22H31N4NaO8S2. The number of carbonyl (C=O) groups is 2. The van der Waals surface area contributed by atoms with E-state index in [-0.39, 0.29) is 78.4 Å². The Bertz CT molecular complexity index is 1250. The number of hydrogen-bond acceptors (Lipinski definition) is 6. The molecule has 0 spiro atoms. The molecule has 0 saturated carbocycles. The number of carbonyl (C=O) groups excluding carboxylic acids is 2. The van der Waals surface area contributed by atoms with Crippen LogP contribution in [0.15, 0.2) is 46.2 Å². The zero-order chi connectivity index (χ0) is 27.3. The first-order valence-electron chi connectivity index (χ1n) is 10.9. The van der Waals surface area contributed by atoms with E-state index in [1.54, 1.807) is 27.7 Å². The Morgan fingerprint density at radius 3 is 1.32 bits per heavy atom. The van der Waals surface area contributed by atoms with Gasteiger partial charge in [0, 0.05) is 23.5 Å². The first-order valence-corrected chi connectivity index (χ1v) is 13.8. The third kappa shape index (κ3) is 10.6. The van der Waals surface area contributed by atoms with Crippen molar-refractivity contribution in [3.63, 3.8) is 0 Å². The zero-order valence-electron chi connectivity index (χ0n) is 22.2. The second-order valence-corrected chi connectivity index (χ2v) is 11.4. The van der Waals surface area contributed by atoms with E-state index in [4.69, 9.17) is 0 Å². The molecule has 0 aromatic heterocycles. The van der Waals surface area contributed by atoms with Gasteiger partial charge in [0.15, 0.2) is 0 Å². The summed E-state index contributed by atoms with van der Waals surface area (Å²) in [7, 11) is -9.36. The molecule has 4 amide bonds. The molecule has 0 fully saturated rings. The molecular weight excluding hydrogens is 535 g/mol. The maximum atomic E-state index is 12.0. The van der Waals surface area contributed by atoms with Crippen LogP contribution in [0.5, 0.6) is 0 Å². The fraction of sp³-hybridized carbons (Fsp3) is 0.364. The Labute approximate surface area is 240 Å². The van der Waals surface area contributed by atoms with Crippen LogP contribution in [0.25, 0.3) is 0 Å². The van der Waals surface area contributed by atoms with Gasteiger partial charge in [0.1, 0.15) is 0 Å². The van der Waals surface area contributed by atoms with E-state index < -0.39 is 42.1 Å². The molecule has 15 heteroatoms. The molecule has 0 aliphatic heterocycles. The maximum absolute atomic E-state index is 12.0. The van der Waals surface area contributed by atoms with Crippen LogP contribution in [0.1, 0.15) is 40.2 Å². The van der Waals surface area contributed by atoms with Gasteiger partial charge in [0.2, 0.25) is 0 Å². The van der Waals surface area contributed by atoms with Crippen molar-refractivity contribution in [1.29, 1.82) is 0 Å². The molecule has 2 aromatic carbocycles. The minimum Gasteiger partial charge on any atom is -1.00 e. The average molecular weight is 567 g/mol. The number of anilines is 2.